The lowest BCUT2D eigenvalue weighted by atomic mass is 9.90. The van der Waals surface area contributed by atoms with E-state index in [2.05, 4.69) is 86.7 Å². The van der Waals surface area contributed by atoms with Gasteiger partial charge in [-0.3, -0.25) is 0 Å². The van der Waals surface area contributed by atoms with Crippen LogP contribution in [-0.4, -0.2) is 0 Å². The third kappa shape index (κ3) is 2.31. The van der Waals surface area contributed by atoms with Crippen molar-refractivity contribution >= 4 is 12.2 Å². The number of rotatable bonds is 1. The average molecular weight is 296 g/mol. The number of fused-ring (bicyclic) bond motifs is 4. The van der Waals surface area contributed by atoms with Crippen LogP contribution in [0.2, 0.25) is 0 Å². The van der Waals surface area contributed by atoms with E-state index < -0.39 is 0 Å². The molecular formula is C23H20. The van der Waals surface area contributed by atoms with Crippen LogP contribution in [0.5, 0.6) is 0 Å². The molecule has 0 saturated carbocycles. The molecule has 0 unspecified atom stereocenters. The lowest BCUT2D eigenvalue weighted by Gasteiger charge is -2.14. The summed E-state index contributed by atoms with van der Waals surface area (Å²) < 4.78 is 0. The third-order valence-electron chi connectivity index (χ3n) is 4.79. The van der Waals surface area contributed by atoms with Crippen molar-refractivity contribution in [1.29, 1.82) is 0 Å². The Labute approximate surface area is 137 Å². The van der Waals surface area contributed by atoms with Gasteiger partial charge >= 0.3 is 0 Å². The summed E-state index contributed by atoms with van der Waals surface area (Å²) in [5, 5.41) is 2.72. The van der Waals surface area contributed by atoms with E-state index >= 15 is 0 Å². The molecule has 3 aromatic carbocycles. The summed E-state index contributed by atoms with van der Waals surface area (Å²) in [6.07, 6.45) is 5.77. The van der Waals surface area contributed by atoms with Crippen molar-refractivity contribution in [3.05, 3.63) is 93.4 Å². The van der Waals surface area contributed by atoms with Gasteiger partial charge in [0.2, 0.25) is 0 Å². The van der Waals surface area contributed by atoms with E-state index in [-0.39, 0.29) is 0 Å². The first kappa shape index (κ1) is 14.0. The standard InChI is InChI=1S/C23H20/c1-3-17-13-12-16(2)22-14-18-8-4-6-10-20(18)21-11-7-5-9-19(21)15-23(17)22/h4-15H,3H2,1-2H3/b18-14?,19-15?,21-20?,22-14-,23-15-. The second-order valence-electron chi connectivity index (χ2n) is 6.19. The maximum Gasteiger partial charge on any atom is -0.0105 e. The summed E-state index contributed by atoms with van der Waals surface area (Å²) in [5.41, 5.74) is 7.97. The highest BCUT2D eigenvalue weighted by Gasteiger charge is 2.10. The summed E-state index contributed by atoms with van der Waals surface area (Å²) in [5.74, 6) is 0. The molecule has 0 heterocycles. The topological polar surface area (TPSA) is 0 Å². The molecule has 1 aliphatic rings. The Bertz CT molecular complexity index is 1010. The van der Waals surface area contributed by atoms with Crippen molar-refractivity contribution in [3.63, 3.8) is 0 Å². The summed E-state index contributed by atoms with van der Waals surface area (Å²) >= 11 is 0. The Balaban J connectivity index is 2.25. The van der Waals surface area contributed by atoms with Crippen molar-refractivity contribution in [3.8, 4) is 11.1 Å². The minimum absolute atomic E-state index is 1.05. The molecule has 0 aliphatic heterocycles. The number of hydrogen-bond donors (Lipinski definition) is 0. The molecule has 0 N–H and O–H groups in total. The van der Waals surface area contributed by atoms with Crippen molar-refractivity contribution in [1.82, 2.24) is 0 Å². The Morgan fingerprint density at radius 3 is 1.83 bits per heavy atom. The van der Waals surface area contributed by atoms with Gasteiger partial charge in [-0.15, -0.1) is 0 Å². The molecule has 0 nitrogen and oxygen atoms in total. The van der Waals surface area contributed by atoms with Crippen LogP contribution < -0.4 is 10.4 Å². The van der Waals surface area contributed by atoms with Gasteiger partial charge < -0.3 is 0 Å². The van der Waals surface area contributed by atoms with E-state index in [1.165, 1.54) is 43.8 Å². The van der Waals surface area contributed by atoms with Gasteiger partial charge in [0.1, 0.15) is 0 Å². The van der Waals surface area contributed by atoms with Crippen LogP contribution in [0.1, 0.15) is 29.2 Å². The fourth-order valence-electron chi connectivity index (χ4n) is 3.51. The molecule has 23 heavy (non-hydrogen) atoms. The van der Waals surface area contributed by atoms with Crippen LogP contribution in [0.4, 0.5) is 0 Å². The van der Waals surface area contributed by atoms with Gasteiger partial charge in [-0.25, -0.2) is 0 Å². The lowest BCUT2D eigenvalue weighted by Crippen LogP contribution is -2.31. The van der Waals surface area contributed by atoms with Crippen LogP contribution in [0.3, 0.4) is 0 Å². The molecule has 1 aliphatic carbocycles. The molecule has 0 amide bonds. The highest BCUT2D eigenvalue weighted by atomic mass is 14.1. The van der Waals surface area contributed by atoms with E-state index in [0.29, 0.717) is 0 Å². The second kappa shape index (κ2) is 5.55. The van der Waals surface area contributed by atoms with Gasteiger partial charge in [0.15, 0.2) is 0 Å². The molecule has 0 fully saturated rings. The van der Waals surface area contributed by atoms with E-state index in [0.717, 1.165) is 6.42 Å². The highest BCUT2D eigenvalue weighted by Crippen LogP contribution is 2.28. The Morgan fingerprint density at radius 1 is 0.652 bits per heavy atom. The fraction of sp³-hybridized carbons (Fsp3) is 0.130. The maximum absolute atomic E-state index is 2.36. The SMILES string of the molecule is CCc1ccc(C)c2/c1=C\c1ccccc1-c1ccccc1\C=2. The van der Waals surface area contributed by atoms with E-state index in [9.17, 15) is 0 Å². The average Bonchev–Trinajstić information content (AvgIpc) is 2.57. The normalized spacial score (nSPS) is 14.9. The molecule has 0 radical (unpaired) electrons. The van der Waals surface area contributed by atoms with Crippen LogP contribution in [0, 0.1) is 6.92 Å². The van der Waals surface area contributed by atoms with Crippen LogP contribution in [0.15, 0.2) is 60.7 Å². The highest BCUT2D eigenvalue weighted by molar-refractivity contribution is 5.83. The lowest BCUT2D eigenvalue weighted by molar-refractivity contribution is 1.10. The first-order valence-corrected chi connectivity index (χ1v) is 8.28. The monoisotopic (exact) mass is 296 g/mol. The Morgan fingerprint density at radius 2 is 1.22 bits per heavy atom. The zero-order valence-electron chi connectivity index (χ0n) is 13.6. The van der Waals surface area contributed by atoms with Gasteiger partial charge in [-0.05, 0) is 69.3 Å². The van der Waals surface area contributed by atoms with Crippen molar-refractivity contribution in [2.75, 3.05) is 0 Å². The van der Waals surface area contributed by atoms with Gasteiger partial charge in [-0.2, -0.15) is 0 Å². The zero-order valence-corrected chi connectivity index (χ0v) is 13.6. The number of aryl methyl sites for hydroxylation is 2. The summed E-state index contributed by atoms with van der Waals surface area (Å²) in [6.45, 7) is 4.44. The smallest absolute Gasteiger partial charge is 0.0105 e. The quantitative estimate of drug-likeness (QED) is 0.494. The minimum atomic E-state index is 1.05. The van der Waals surface area contributed by atoms with Crippen LogP contribution in [-0.2, 0) is 6.42 Å². The summed E-state index contributed by atoms with van der Waals surface area (Å²) in [6, 6.07) is 21.9. The fourth-order valence-corrected chi connectivity index (χ4v) is 3.51. The number of hydrogen-bond acceptors (Lipinski definition) is 0. The maximum atomic E-state index is 2.36. The molecular weight excluding hydrogens is 276 g/mol. The van der Waals surface area contributed by atoms with Gasteiger partial charge in [0.05, 0.1) is 0 Å². The predicted molar refractivity (Wildman–Crippen MR) is 98.8 cm³/mol. The molecule has 0 spiro atoms. The third-order valence-corrected chi connectivity index (χ3v) is 4.79. The zero-order chi connectivity index (χ0) is 15.8. The Hall–Kier alpha value is -2.60. The van der Waals surface area contributed by atoms with E-state index in [1.54, 1.807) is 0 Å². The molecule has 112 valence electrons. The van der Waals surface area contributed by atoms with Crippen LogP contribution in [0.25, 0.3) is 23.3 Å². The minimum Gasteiger partial charge on any atom is -0.0616 e. The molecule has 0 saturated heterocycles. The predicted octanol–water partition coefficient (Wildman–Crippen LogP) is 4.20. The summed E-state index contributed by atoms with van der Waals surface area (Å²) in [7, 11) is 0. The largest absolute Gasteiger partial charge is 0.0616 e. The van der Waals surface area contributed by atoms with Crippen molar-refractivity contribution < 1.29 is 0 Å². The van der Waals surface area contributed by atoms with Crippen molar-refractivity contribution in [2.45, 2.75) is 20.3 Å². The van der Waals surface area contributed by atoms with Crippen LogP contribution >= 0.6 is 0 Å². The first-order valence-electron chi connectivity index (χ1n) is 8.28. The van der Waals surface area contributed by atoms with Gasteiger partial charge in [0.25, 0.3) is 0 Å². The van der Waals surface area contributed by atoms with E-state index in [1.807, 2.05) is 0 Å². The molecule has 0 aromatic heterocycles. The first-order chi connectivity index (χ1) is 11.3. The van der Waals surface area contributed by atoms with Crippen molar-refractivity contribution in [2.24, 2.45) is 0 Å². The summed E-state index contributed by atoms with van der Waals surface area (Å²) in [4.78, 5) is 0. The molecule has 4 rings (SSSR count). The molecule has 0 bridgehead atoms. The molecule has 0 heteroatoms. The van der Waals surface area contributed by atoms with Gasteiger partial charge in [-0.1, -0.05) is 67.6 Å². The second-order valence-corrected chi connectivity index (χ2v) is 6.19. The number of benzene rings is 3. The Kier molecular flexibility index (Phi) is 3.38. The van der Waals surface area contributed by atoms with Gasteiger partial charge in [0, 0.05) is 0 Å². The molecule has 3 aromatic rings. The molecule has 0 atom stereocenters. The van der Waals surface area contributed by atoms with E-state index in [4.69, 9.17) is 0 Å².